The van der Waals surface area contributed by atoms with Gasteiger partial charge in [0.05, 0.1) is 0 Å². The Morgan fingerprint density at radius 3 is 2.63 bits per heavy atom. The van der Waals surface area contributed by atoms with Gasteiger partial charge in [0.25, 0.3) is 5.91 Å². The number of hydrogen-bond acceptors (Lipinski definition) is 3. The largest absolute Gasteiger partial charge is 0.354 e. The van der Waals surface area contributed by atoms with Crippen LogP contribution in [0.15, 0.2) is 53.0 Å². The first-order valence-corrected chi connectivity index (χ1v) is 11.9. The molecule has 0 fully saturated rings. The molecular weight excluding hydrogens is 392 g/mol. The van der Waals surface area contributed by atoms with Gasteiger partial charge in [-0.1, -0.05) is 50.8 Å². The van der Waals surface area contributed by atoms with Crippen LogP contribution in [0.4, 0.5) is 0 Å². The second-order valence-corrected chi connectivity index (χ2v) is 9.88. The van der Waals surface area contributed by atoms with Crippen LogP contribution in [-0.2, 0) is 16.0 Å². The quantitative estimate of drug-likeness (QED) is 0.600. The van der Waals surface area contributed by atoms with Crippen molar-refractivity contribution in [2.75, 3.05) is 12.3 Å². The highest BCUT2D eigenvalue weighted by Crippen LogP contribution is 2.30. The van der Waals surface area contributed by atoms with Crippen LogP contribution in [0.25, 0.3) is 0 Å². The summed E-state index contributed by atoms with van der Waals surface area (Å²) in [5, 5.41) is 6.21. The Balaban J connectivity index is 2.30. The number of benzene rings is 1. The molecule has 2 amide bonds. The molecule has 4 nitrogen and oxygen atoms in total. The summed E-state index contributed by atoms with van der Waals surface area (Å²) in [7, 11) is 0. The molecule has 1 unspecified atom stereocenters. The summed E-state index contributed by atoms with van der Waals surface area (Å²) in [6.45, 7) is 12.9. The summed E-state index contributed by atoms with van der Waals surface area (Å²) in [5.41, 5.74) is 1.58. The van der Waals surface area contributed by atoms with Crippen molar-refractivity contribution < 1.29 is 9.59 Å². The minimum absolute atomic E-state index is 0.0795. The molecule has 0 aliphatic carbocycles. The Kier molecular flexibility index (Phi) is 9.22. The second kappa shape index (κ2) is 11.4. The zero-order valence-corrected chi connectivity index (χ0v) is 19.7. The lowest BCUT2D eigenvalue weighted by atomic mass is 9.85. The summed E-state index contributed by atoms with van der Waals surface area (Å²) in [6.07, 6.45) is 3.68. The molecule has 0 radical (unpaired) electrons. The molecule has 0 bridgehead atoms. The van der Waals surface area contributed by atoms with Crippen molar-refractivity contribution >= 4 is 23.6 Å². The third kappa shape index (κ3) is 6.76. The summed E-state index contributed by atoms with van der Waals surface area (Å²) in [4.78, 5) is 27.6. The van der Waals surface area contributed by atoms with Gasteiger partial charge in [-0.25, -0.2) is 0 Å². The number of aryl methyl sites for hydroxylation is 1. The Morgan fingerprint density at radius 1 is 1.27 bits per heavy atom. The van der Waals surface area contributed by atoms with Gasteiger partial charge in [0.15, 0.2) is 0 Å². The highest BCUT2D eigenvalue weighted by atomic mass is 32.2. The van der Waals surface area contributed by atoms with E-state index >= 15 is 0 Å². The number of amides is 2. The maximum Gasteiger partial charge on any atom is 0.251 e. The fourth-order valence-electron chi connectivity index (χ4n) is 3.56. The van der Waals surface area contributed by atoms with Crippen molar-refractivity contribution in [2.24, 2.45) is 5.92 Å². The SMILES string of the molecule is C=C1C(=O)NC(CCc2ccccc2)(C(=O)NCCC(C)C)CCCS/C(C)=C\1C. The van der Waals surface area contributed by atoms with E-state index in [1.54, 1.807) is 11.8 Å². The van der Waals surface area contributed by atoms with E-state index in [0.29, 0.717) is 30.9 Å². The van der Waals surface area contributed by atoms with Crippen LogP contribution in [0.2, 0.25) is 0 Å². The van der Waals surface area contributed by atoms with Gasteiger partial charge in [-0.05, 0) is 73.7 Å². The van der Waals surface area contributed by atoms with Crippen molar-refractivity contribution in [1.82, 2.24) is 10.6 Å². The highest BCUT2D eigenvalue weighted by Gasteiger charge is 2.39. The number of rotatable bonds is 7. The molecule has 0 spiro atoms. The predicted octanol–water partition coefficient (Wildman–Crippen LogP) is 5.01. The van der Waals surface area contributed by atoms with Gasteiger partial charge < -0.3 is 10.6 Å². The molecule has 30 heavy (non-hydrogen) atoms. The molecule has 0 aromatic heterocycles. The van der Waals surface area contributed by atoms with Gasteiger partial charge in [-0.2, -0.15) is 0 Å². The standard InChI is InChI=1S/C25H36N2O2S/c1-18(2)13-16-26-24(29)25(15-12-22-10-7-6-8-11-22)14-9-17-30-21(5)19(3)20(4)23(28)27-25/h6-8,10-11,18H,4,9,12-17H2,1-3,5H3,(H,26,29)(H,27,28)/b21-19-. The maximum absolute atomic E-state index is 13.4. The van der Waals surface area contributed by atoms with Crippen LogP contribution in [0.3, 0.4) is 0 Å². The molecule has 2 N–H and O–H groups in total. The highest BCUT2D eigenvalue weighted by molar-refractivity contribution is 8.03. The molecule has 1 heterocycles. The average Bonchev–Trinajstić information content (AvgIpc) is 2.73. The molecule has 0 saturated carbocycles. The Hall–Kier alpha value is -2.01. The van der Waals surface area contributed by atoms with Crippen LogP contribution in [0.1, 0.15) is 58.9 Å². The van der Waals surface area contributed by atoms with Crippen molar-refractivity contribution in [1.29, 1.82) is 0 Å². The van der Waals surface area contributed by atoms with E-state index < -0.39 is 5.54 Å². The zero-order valence-electron chi connectivity index (χ0n) is 18.8. The second-order valence-electron chi connectivity index (χ2n) is 8.57. The first-order valence-electron chi connectivity index (χ1n) is 10.9. The summed E-state index contributed by atoms with van der Waals surface area (Å²) in [6, 6.07) is 10.1. The van der Waals surface area contributed by atoms with E-state index in [2.05, 4.69) is 43.2 Å². The molecule has 1 aromatic carbocycles. The van der Waals surface area contributed by atoms with Crippen LogP contribution in [0.5, 0.6) is 0 Å². The van der Waals surface area contributed by atoms with Crippen molar-refractivity contribution in [3.8, 4) is 0 Å². The van der Waals surface area contributed by atoms with Gasteiger partial charge >= 0.3 is 0 Å². The van der Waals surface area contributed by atoms with Crippen LogP contribution < -0.4 is 10.6 Å². The molecule has 2 rings (SSSR count). The van der Waals surface area contributed by atoms with Gasteiger partial charge in [0.1, 0.15) is 5.54 Å². The summed E-state index contributed by atoms with van der Waals surface area (Å²) >= 11 is 1.74. The Labute approximate surface area is 186 Å². The van der Waals surface area contributed by atoms with Gasteiger partial charge in [-0.3, -0.25) is 9.59 Å². The molecule has 1 atom stereocenters. The Morgan fingerprint density at radius 2 is 1.97 bits per heavy atom. The van der Waals surface area contributed by atoms with Gasteiger partial charge in [-0.15, -0.1) is 11.8 Å². The molecule has 5 heteroatoms. The summed E-state index contributed by atoms with van der Waals surface area (Å²) < 4.78 is 0. The molecule has 1 aromatic rings. The Bertz CT molecular complexity index is 786. The van der Waals surface area contributed by atoms with Crippen LogP contribution in [-0.4, -0.2) is 29.7 Å². The number of allylic oxidation sites excluding steroid dienone is 1. The minimum Gasteiger partial charge on any atom is -0.354 e. The van der Waals surface area contributed by atoms with E-state index in [9.17, 15) is 9.59 Å². The number of carbonyl (C=O) groups excluding carboxylic acids is 2. The average molecular weight is 429 g/mol. The van der Waals surface area contributed by atoms with E-state index in [0.717, 1.165) is 35.5 Å². The first-order chi connectivity index (χ1) is 14.2. The van der Waals surface area contributed by atoms with Crippen LogP contribution in [0, 0.1) is 5.92 Å². The fraction of sp³-hybridized carbons (Fsp3) is 0.520. The monoisotopic (exact) mass is 428 g/mol. The lowest BCUT2D eigenvalue weighted by Gasteiger charge is -2.35. The summed E-state index contributed by atoms with van der Waals surface area (Å²) in [5.74, 6) is 1.10. The fourth-order valence-corrected chi connectivity index (χ4v) is 4.50. The molecule has 0 saturated heterocycles. The zero-order chi connectivity index (χ0) is 22.1. The van der Waals surface area contributed by atoms with E-state index in [-0.39, 0.29) is 11.8 Å². The number of thioether (sulfide) groups is 1. The minimum atomic E-state index is -0.932. The number of nitrogens with one attached hydrogen (secondary N) is 2. The van der Waals surface area contributed by atoms with Crippen molar-refractivity contribution in [3.63, 3.8) is 0 Å². The van der Waals surface area contributed by atoms with E-state index in [1.165, 1.54) is 5.56 Å². The number of carbonyl (C=O) groups is 2. The number of hydrogen-bond donors (Lipinski definition) is 2. The lowest BCUT2D eigenvalue weighted by molar-refractivity contribution is -0.133. The van der Waals surface area contributed by atoms with Crippen molar-refractivity contribution in [3.05, 3.63) is 58.5 Å². The predicted molar refractivity (Wildman–Crippen MR) is 127 cm³/mol. The topological polar surface area (TPSA) is 58.2 Å². The third-order valence-electron chi connectivity index (χ3n) is 5.80. The lowest BCUT2D eigenvalue weighted by Crippen LogP contribution is -2.59. The van der Waals surface area contributed by atoms with Gasteiger partial charge in [0.2, 0.25) is 5.91 Å². The third-order valence-corrected chi connectivity index (χ3v) is 7.03. The smallest absolute Gasteiger partial charge is 0.251 e. The first kappa shape index (κ1) is 24.3. The molecule has 1 aliphatic rings. The van der Waals surface area contributed by atoms with Crippen LogP contribution >= 0.6 is 11.8 Å². The normalized spacial score (nSPS) is 23.2. The maximum atomic E-state index is 13.4. The molecule has 164 valence electrons. The molecular formula is C25H36N2O2S. The van der Waals surface area contributed by atoms with Gasteiger partial charge in [0, 0.05) is 12.1 Å². The van der Waals surface area contributed by atoms with E-state index in [1.807, 2.05) is 32.0 Å². The van der Waals surface area contributed by atoms with E-state index in [4.69, 9.17) is 0 Å². The van der Waals surface area contributed by atoms with Crippen molar-refractivity contribution in [2.45, 2.75) is 65.3 Å². The molecule has 1 aliphatic heterocycles.